The molecule has 0 radical (unpaired) electrons. The summed E-state index contributed by atoms with van der Waals surface area (Å²) in [5, 5.41) is 0. The zero-order valence-electron chi connectivity index (χ0n) is 10.9. The van der Waals surface area contributed by atoms with E-state index < -0.39 is 0 Å². The van der Waals surface area contributed by atoms with Crippen LogP contribution in [0.15, 0.2) is 0 Å². The Morgan fingerprint density at radius 1 is 0.882 bits per heavy atom. The van der Waals surface area contributed by atoms with Crippen molar-refractivity contribution in [2.24, 2.45) is 0 Å². The first-order valence-corrected chi connectivity index (χ1v) is 7.30. The van der Waals surface area contributed by atoms with Gasteiger partial charge in [0.1, 0.15) is 0 Å². The predicted octanol–water partition coefficient (Wildman–Crippen LogP) is 3.27. The summed E-state index contributed by atoms with van der Waals surface area (Å²) >= 11 is 0. The van der Waals surface area contributed by atoms with E-state index in [0.717, 1.165) is 32.7 Å². The fourth-order valence-corrected chi connectivity index (χ4v) is 2.57. The molecular formula is C14H26O3. The van der Waals surface area contributed by atoms with Gasteiger partial charge in [0.25, 0.3) is 0 Å². The third kappa shape index (κ3) is 5.36. The Hall–Kier alpha value is -0.120. The Bertz CT molecular complexity index is 164. The van der Waals surface area contributed by atoms with Gasteiger partial charge in [0.05, 0.1) is 6.10 Å². The quantitative estimate of drug-likeness (QED) is 0.669. The average Bonchev–Trinajstić information content (AvgIpc) is 2.41. The highest BCUT2D eigenvalue weighted by molar-refractivity contribution is 4.63. The maximum absolute atomic E-state index is 5.71. The minimum atomic E-state index is 0.0784. The fourth-order valence-electron chi connectivity index (χ4n) is 2.57. The molecule has 100 valence electrons. The van der Waals surface area contributed by atoms with Crippen LogP contribution in [0, 0.1) is 0 Å². The van der Waals surface area contributed by atoms with Crippen molar-refractivity contribution in [2.45, 2.75) is 70.2 Å². The maximum atomic E-state index is 5.71. The number of rotatable bonds is 6. The number of unbranched alkanes of at least 4 members (excludes halogenated alkanes) is 1. The molecule has 2 saturated heterocycles. The van der Waals surface area contributed by atoms with Crippen molar-refractivity contribution >= 4 is 0 Å². The zero-order chi connectivity index (χ0) is 11.8. The second-order valence-electron chi connectivity index (χ2n) is 5.15. The van der Waals surface area contributed by atoms with E-state index in [1.807, 2.05) is 0 Å². The van der Waals surface area contributed by atoms with E-state index in [0.29, 0.717) is 6.10 Å². The molecular weight excluding hydrogens is 216 g/mol. The molecule has 0 aromatic rings. The first kappa shape index (κ1) is 13.3. The summed E-state index contributed by atoms with van der Waals surface area (Å²) in [6, 6.07) is 0. The van der Waals surface area contributed by atoms with Crippen molar-refractivity contribution in [1.82, 2.24) is 0 Å². The molecule has 0 aromatic heterocycles. The van der Waals surface area contributed by atoms with Gasteiger partial charge >= 0.3 is 0 Å². The normalized spacial score (nSPS) is 30.4. The third-order valence-electron chi connectivity index (χ3n) is 3.64. The Labute approximate surface area is 105 Å². The van der Waals surface area contributed by atoms with Gasteiger partial charge in [-0.3, -0.25) is 0 Å². The van der Waals surface area contributed by atoms with Gasteiger partial charge in [0.15, 0.2) is 6.29 Å². The molecule has 3 nitrogen and oxygen atoms in total. The van der Waals surface area contributed by atoms with Crippen LogP contribution in [0.4, 0.5) is 0 Å². The topological polar surface area (TPSA) is 27.7 Å². The van der Waals surface area contributed by atoms with Crippen molar-refractivity contribution in [1.29, 1.82) is 0 Å². The smallest absolute Gasteiger partial charge is 0.157 e. The minimum Gasteiger partial charge on any atom is -0.378 e. The molecule has 2 aliphatic rings. The molecule has 2 heterocycles. The lowest BCUT2D eigenvalue weighted by Crippen LogP contribution is -2.23. The minimum absolute atomic E-state index is 0.0784. The zero-order valence-corrected chi connectivity index (χ0v) is 10.9. The van der Waals surface area contributed by atoms with Gasteiger partial charge in [0.2, 0.25) is 0 Å². The van der Waals surface area contributed by atoms with Crippen molar-refractivity contribution in [3.05, 3.63) is 0 Å². The average molecular weight is 242 g/mol. The molecule has 2 aliphatic heterocycles. The Morgan fingerprint density at radius 2 is 1.71 bits per heavy atom. The summed E-state index contributed by atoms with van der Waals surface area (Å²) in [6.45, 7) is 2.69. The van der Waals surface area contributed by atoms with Crippen LogP contribution in [-0.4, -0.2) is 32.2 Å². The molecule has 0 bridgehead atoms. The summed E-state index contributed by atoms with van der Waals surface area (Å²) in [6.07, 6.45) is 11.5. The summed E-state index contributed by atoms with van der Waals surface area (Å²) in [5.41, 5.74) is 0. The maximum Gasteiger partial charge on any atom is 0.157 e. The van der Waals surface area contributed by atoms with Crippen LogP contribution in [0.2, 0.25) is 0 Å². The van der Waals surface area contributed by atoms with Gasteiger partial charge < -0.3 is 14.2 Å². The molecule has 0 saturated carbocycles. The highest BCUT2D eigenvalue weighted by Gasteiger charge is 2.15. The van der Waals surface area contributed by atoms with Crippen LogP contribution in [0.1, 0.15) is 57.8 Å². The van der Waals surface area contributed by atoms with Crippen LogP contribution in [0.3, 0.4) is 0 Å². The number of hydrogen-bond acceptors (Lipinski definition) is 3. The van der Waals surface area contributed by atoms with Gasteiger partial charge in [-0.15, -0.1) is 0 Å². The Balaban J connectivity index is 1.42. The first-order chi connectivity index (χ1) is 8.45. The van der Waals surface area contributed by atoms with E-state index in [4.69, 9.17) is 14.2 Å². The molecule has 2 fully saturated rings. The summed E-state index contributed by atoms with van der Waals surface area (Å²) in [7, 11) is 0. The van der Waals surface area contributed by atoms with E-state index in [1.165, 1.54) is 44.9 Å². The van der Waals surface area contributed by atoms with Crippen LogP contribution in [-0.2, 0) is 14.2 Å². The molecule has 2 rings (SSSR count). The van der Waals surface area contributed by atoms with E-state index in [1.54, 1.807) is 0 Å². The van der Waals surface area contributed by atoms with Crippen LogP contribution >= 0.6 is 0 Å². The highest BCUT2D eigenvalue weighted by atomic mass is 16.7. The lowest BCUT2D eigenvalue weighted by molar-refractivity contribution is -0.163. The van der Waals surface area contributed by atoms with Gasteiger partial charge in [-0.2, -0.15) is 0 Å². The SMILES string of the molecule is C1CCC(CCCCOC2CCCCO2)OC1. The van der Waals surface area contributed by atoms with Crippen molar-refractivity contribution in [3.63, 3.8) is 0 Å². The Kier molecular flexibility index (Phi) is 6.32. The van der Waals surface area contributed by atoms with E-state index in [2.05, 4.69) is 0 Å². The molecule has 2 unspecified atom stereocenters. The van der Waals surface area contributed by atoms with Crippen molar-refractivity contribution in [3.8, 4) is 0 Å². The highest BCUT2D eigenvalue weighted by Crippen LogP contribution is 2.18. The van der Waals surface area contributed by atoms with E-state index in [-0.39, 0.29) is 6.29 Å². The largest absolute Gasteiger partial charge is 0.378 e. The van der Waals surface area contributed by atoms with Crippen LogP contribution < -0.4 is 0 Å². The molecule has 2 atom stereocenters. The molecule has 17 heavy (non-hydrogen) atoms. The monoisotopic (exact) mass is 242 g/mol. The van der Waals surface area contributed by atoms with Gasteiger partial charge in [-0.25, -0.2) is 0 Å². The summed E-state index contributed by atoms with van der Waals surface area (Å²) in [4.78, 5) is 0. The summed E-state index contributed by atoms with van der Waals surface area (Å²) < 4.78 is 16.9. The van der Waals surface area contributed by atoms with Gasteiger partial charge in [0, 0.05) is 19.8 Å². The fraction of sp³-hybridized carbons (Fsp3) is 1.00. The lowest BCUT2D eigenvalue weighted by Gasteiger charge is -2.24. The third-order valence-corrected chi connectivity index (χ3v) is 3.64. The number of ether oxygens (including phenoxy) is 3. The van der Waals surface area contributed by atoms with Crippen LogP contribution in [0.5, 0.6) is 0 Å². The van der Waals surface area contributed by atoms with E-state index in [9.17, 15) is 0 Å². The molecule has 0 spiro atoms. The first-order valence-electron chi connectivity index (χ1n) is 7.30. The molecule has 0 N–H and O–H groups in total. The standard InChI is InChI=1S/C14H26O3/c1-4-10-15-13(7-1)8-2-5-11-16-14-9-3-6-12-17-14/h13-14H,1-12H2. The predicted molar refractivity (Wildman–Crippen MR) is 67.0 cm³/mol. The summed E-state index contributed by atoms with van der Waals surface area (Å²) in [5.74, 6) is 0. The molecule has 3 heteroatoms. The molecule has 0 aliphatic carbocycles. The van der Waals surface area contributed by atoms with Crippen molar-refractivity contribution in [2.75, 3.05) is 19.8 Å². The second-order valence-corrected chi connectivity index (χ2v) is 5.15. The van der Waals surface area contributed by atoms with Gasteiger partial charge in [-0.1, -0.05) is 0 Å². The molecule has 0 amide bonds. The number of hydrogen-bond donors (Lipinski definition) is 0. The van der Waals surface area contributed by atoms with Gasteiger partial charge in [-0.05, 0) is 57.8 Å². The Morgan fingerprint density at radius 3 is 2.41 bits per heavy atom. The van der Waals surface area contributed by atoms with E-state index >= 15 is 0 Å². The van der Waals surface area contributed by atoms with Crippen LogP contribution in [0.25, 0.3) is 0 Å². The molecule has 0 aromatic carbocycles. The second kappa shape index (κ2) is 8.06. The lowest BCUT2D eigenvalue weighted by atomic mass is 10.0. The van der Waals surface area contributed by atoms with Crippen molar-refractivity contribution < 1.29 is 14.2 Å².